The Labute approximate surface area is 140 Å². The molecule has 136 valence electrons. The molecule has 0 atom stereocenters. The van der Waals surface area contributed by atoms with Crippen LogP contribution < -0.4 is 5.32 Å². The number of halogens is 4. The summed E-state index contributed by atoms with van der Waals surface area (Å²) >= 11 is 0. The summed E-state index contributed by atoms with van der Waals surface area (Å²) in [6.45, 7) is -0.432. The molecule has 5 nitrogen and oxygen atoms in total. The smallest absolute Gasteiger partial charge is 0.433 e. The van der Waals surface area contributed by atoms with Gasteiger partial charge in [0.05, 0.1) is 12.5 Å². The maximum Gasteiger partial charge on any atom is 0.433 e. The number of aromatic nitrogens is 1. The zero-order valence-corrected chi connectivity index (χ0v) is 13.1. The monoisotopic (exact) mass is 360 g/mol. The summed E-state index contributed by atoms with van der Waals surface area (Å²) in [7, 11) is 0. The van der Waals surface area contributed by atoms with Crippen LogP contribution in [0, 0.1) is 5.92 Å². The Morgan fingerprint density at radius 3 is 2.44 bits per heavy atom. The van der Waals surface area contributed by atoms with E-state index >= 15 is 0 Å². The quantitative estimate of drug-likeness (QED) is 0.792. The summed E-state index contributed by atoms with van der Waals surface area (Å²) in [5.41, 5.74) is -2.99. The van der Waals surface area contributed by atoms with Crippen LogP contribution in [0.1, 0.15) is 53.3 Å². The lowest BCUT2D eigenvalue weighted by atomic mass is 9.72. The van der Waals surface area contributed by atoms with Crippen molar-refractivity contribution >= 4 is 11.9 Å². The average Bonchev–Trinajstić information content (AvgIpc) is 3.33. The van der Waals surface area contributed by atoms with Gasteiger partial charge in [-0.2, -0.15) is 13.2 Å². The largest absolute Gasteiger partial charge is 0.481 e. The fourth-order valence-corrected chi connectivity index (χ4v) is 2.90. The number of nitrogens with one attached hydrogen (secondary N) is 1. The first-order chi connectivity index (χ1) is 11.6. The highest BCUT2D eigenvalue weighted by Crippen LogP contribution is 2.42. The van der Waals surface area contributed by atoms with Crippen LogP contribution in [0.2, 0.25) is 0 Å². The van der Waals surface area contributed by atoms with Gasteiger partial charge in [-0.1, -0.05) is 0 Å². The van der Waals surface area contributed by atoms with E-state index in [0.29, 0.717) is 6.07 Å². The first kappa shape index (κ1) is 17.6. The number of hydrogen-bond donors (Lipinski definition) is 2. The number of nitrogens with zero attached hydrogens (tertiary/aromatic N) is 1. The molecule has 0 bridgehead atoms. The number of aliphatic carboxylic acids is 1. The van der Waals surface area contributed by atoms with Crippen LogP contribution in [-0.4, -0.2) is 34.2 Å². The number of carbonyl (C=O) groups is 2. The normalized spacial score (nSPS) is 26.0. The van der Waals surface area contributed by atoms with Crippen molar-refractivity contribution in [2.75, 3.05) is 6.54 Å². The Balaban J connectivity index is 1.69. The number of carbonyl (C=O) groups excluding carboxylic acids is 1. The maximum absolute atomic E-state index is 14.2. The summed E-state index contributed by atoms with van der Waals surface area (Å²) in [6, 6.07) is 1.95. The van der Waals surface area contributed by atoms with E-state index in [-0.39, 0.29) is 30.0 Å². The Morgan fingerprint density at radius 1 is 1.28 bits per heavy atom. The number of rotatable bonds is 5. The average molecular weight is 360 g/mol. The summed E-state index contributed by atoms with van der Waals surface area (Å²) in [6.07, 6.45) is -3.68. The van der Waals surface area contributed by atoms with Crippen molar-refractivity contribution in [3.05, 3.63) is 29.1 Å². The number of hydrogen-bond acceptors (Lipinski definition) is 3. The third kappa shape index (κ3) is 3.91. The second-order valence-corrected chi connectivity index (χ2v) is 6.71. The zero-order chi connectivity index (χ0) is 18.4. The molecule has 1 amide bonds. The van der Waals surface area contributed by atoms with E-state index in [0.717, 1.165) is 12.8 Å². The number of amides is 1. The molecule has 25 heavy (non-hydrogen) atoms. The number of carboxylic acids is 1. The predicted molar refractivity (Wildman–Crippen MR) is 77.7 cm³/mol. The molecule has 1 heterocycles. The van der Waals surface area contributed by atoms with Crippen LogP contribution in [0.5, 0.6) is 0 Å². The van der Waals surface area contributed by atoms with E-state index in [4.69, 9.17) is 5.11 Å². The third-order valence-corrected chi connectivity index (χ3v) is 4.53. The van der Waals surface area contributed by atoms with Gasteiger partial charge in [-0.05, 0) is 37.8 Å². The molecule has 2 N–H and O–H groups in total. The van der Waals surface area contributed by atoms with Crippen LogP contribution in [0.4, 0.5) is 17.6 Å². The summed E-state index contributed by atoms with van der Waals surface area (Å²) < 4.78 is 53.0. The summed E-state index contributed by atoms with van der Waals surface area (Å²) in [5.74, 6) is -2.80. The fraction of sp³-hybridized carbons (Fsp3) is 0.562. The first-order valence-corrected chi connectivity index (χ1v) is 7.86. The lowest BCUT2D eigenvalue weighted by Crippen LogP contribution is -2.51. The van der Waals surface area contributed by atoms with Crippen molar-refractivity contribution in [1.29, 1.82) is 0 Å². The van der Waals surface area contributed by atoms with Crippen LogP contribution in [0.15, 0.2) is 12.1 Å². The first-order valence-electron chi connectivity index (χ1n) is 7.86. The van der Waals surface area contributed by atoms with Gasteiger partial charge in [0.15, 0.2) is 0 Å². The second-order valence-electron chi connectivity index (χ2n) is 6.71. The molecule has 0 aliphatic heterocycles. The van der Waals surface area contributed by atoms with Crippen molar-refractivity contribution < 1.29 is 32.3 Å². The molecule has 2 saturated carbocycles. The SMILES string of the molecule is O=C(NCC1(F)CC(C(=O)O)C1)c1cc(C2CC2)nc(C(F)(F)F)c1. The minimum Gasteiger partial charge on any atom is -0.481 e. The molecule has 2 aliphatic rings. The highest BCUT2D eigenvalue weighted by molar-refractivity contribution is 5.94. The van der Waals surface area contributed by atoms with Gasteiger partial charge in [0.25, 0.3) is 5.91 Å². The summed E-state index contributed by atoms with van der Waals surface area (Å²) in [4.78, 5) is 26.4. The number of alkyl halides is 4. The molecular weight excluding hydrogens is 344 g/mol. The van der Waals surface area contributed by atoms with Gasteiger partial charge >= 0.3 is 12.1 Å². The Bertz CT molecular complexity index is 710. The molecule has 1 aromatic rings. The van der Waals surface area contributed by atoms with Gasteiger partial charge in [-0.15, -0.1) is 0 Å². The molecule has 2 aliphatic carbocycles. The van der Waals surface area contributed by atoms with Crippen LogP contribution in [0.25, 0.3) is 0 Å². The minimum absolute atomic E-state index is 0.0793. The van der Waals surface area contributed by atoms with E-state index < -0.39 is 41.9 Å². The third-order valence-electron chi connectivity index (χ3n) is 4.53. The Kier molecular flexibility index (Phi) is 4.20. The van der Waals surface area contributed by atoms with Crippen molar-refractivity contribution in [2.45, 2.75) is 43.4 Å². The van der Waals surface area contributed by atoms with Crippen molar-refractivity contribution in [3.63, 3.8) is 0 Å². The van der Waals surface area contributed by atoms with Gasteiger partial charge in [-0.3, -0.25) is 9.59 Å². The molecule has 9 heteroatoms. The van der Waals surface area contributed by atoms with Gasteiger partial charge < -0.3 is 10.4 Å². The molecule has 0 unspecified atom stereocenters. The fourth-order valence-electron chi connectivity index (χ4n) is 2.90. The Morgan fingerprint density at radius 2 is 1.92 bits per heavy atom. The van der Waals surface area contributed by atoms with Crippen molar-refractivity contribution in [1.82, 2.24) is 10.3 Å². The molecule has 2 fully saturated rings. The van der Waals surface area contributed by atoms with Gasteiger partial charge in [0.1, 0.15) is 11.4 Å². The van der Waals surface area contributed by atoms with Crippen molar-refractivity contribution in [3.8, 4) is 0 Å². The van der Waals surface area contributed by atoms with Crippen LogP contribution >= 0.6 is 0 Å². The van der Waals surface area contributed by atoms with Crippen LogP contribution in [0.3, 0.4) is 0 Å². The Hall–Kier alpha value is -2.19. The molecule has 3 rings (SSSR count). The van der Waals surface area contributed by atoms with E-state index in [1.54, 1.807) is 0 Å². The molecule has 1 aromatic heterocycles. The molecule has 0 radical (unpaired) electrons. The standard InChI is InChI=1S/C16H16F4N2O3/c17-15(5-10(6-15)14(24)25)7-21-13(23)9-3-11(8-1-2-8)22-12(4-9)16(18,19)20/h3-4,8,10H,1-2,5-7H2,(H,21,23)(H,24,25). The lowest BCUT2D eigenvalue weighted by molar-refractivity contribution is -0.151. The second kappa shape index (κ2) is 5.96. The molecule has 0 aromatic carbocycles. The number of carboxylic acid groups (broad SMARTS) is 1. The van der Waals surface area contributed by atoms with E-state index in [2.05, 4.69) is 10.3 Å². The predicted octanol–water partition coefficient (Wildman–Crippen LogP) is 2.91. The van der Waals surface area contributed by atoms with Gasteiger partial charge in [0, 0.05) is 17.2 Å². The zero-order valence-electron chi connectivity index (χ0n) is 13.1. The van der Waals surface area contributed by atoms with Gasteiger partial charge in [0.2, 0.25) is 0 Å². The van der Waals surface area contributed by atoms with E-state index in [1.165, 1.54) is 6.07 Å². The van der Waals surface area contributed by atoms with Crippen molar-refractivity contribution in [2.24, 2.45) is 5.92 Å². The lowest BCUT2D eigenvalue weighted by Gasteiger charge is -2.39. The summed E-state index contributed by atoms with van der Waals surface area (Å²) in [5, 5.41) is 11.0. The molecule has 0 saturated heterocycles. The maximum atomic E-state index is 14.2. The van der Waals surface area contributed by atoms with E-state index in [1.807, 2.05) is 0 Å². The molecule has 0 spiro atoms. The topological polar surface area (TPSA) is 79.3 Å². The van der Waals surface area contributed by atoms with Gasteiger partial charge in [-0.25, -0.2) is 9.37 Å². The van der Waals surface area contributed by atoms with E-state index in [9.17, 15) is 27.2 Å². The highest BCUT2D eigenvalue weighted by atomic mass is 19.4. The van der Waals surface area contributed by atoms with Crippen LogP contribution in [-0.2, 0) is 11.0 Å². The molecular formula is C16H16F4N2O3. The minimum atomic E-state index is -4.68. The highest BCUT2D eigenvalue weighted by Gasteiger charge is 2.48. The number of pyridine rings is 1.